The normalized spacial score (nSPS) is 14.3. The number of hydrogen-bond acceptors (Lipinski definition) is 3. The molecular formula is C28H30N4O2. The zero-order valence-corrected chi connectivity index (χ0v) is 19.5. The number of urea groups is 1. The van der Waals surface area contributed by atoms with Crippen molar-refractivity contribution in [3.63, 3.8) is 0 Å². The number of benzene rings is 3. The second-order valence-electron chi connectivity index (χ2n) is 8.90. The number of carbonyl (C=O) groups is 1. The number of para-hydroxylation sites is 4. The van der Waals surface area contributed by atoms with Gasteiger partial charge in [0.05, 0.1) is 11.0 Å². The second-order valence-corrected chi connectivity index (χ2v) is 8.90. The van der Waals surface area contributed by atoms with Crippen LogP contribution in [0.25, 0.3) is 11.0 Å². The number of hydrogen-bond donors (Lipinski definition) is 1. The van der Waals surface area contributed by atoms with Gasteiger partial charge in [-0.05, 0) is 61.6 Å². The lowest BCUT2D eigenvalue weighted by Crippen LogP contribution is -2.41. The summed E-state index contributed by atoms with van der Waals surface area (Å²) in [5, 5.41) is 3.06. The van der Waals surface area contributed by atoms with Gasteiger partial charge in [0.1, 0.15) is 18.2 Å². The van der Waals surface area contributed by atoms with E-state index in [-0.39, 0.29) is 6.03 Å². The summed E-state index contributed by atoms with van der Waals surface area (Å²) in [6, 6.07) is 26.0. The van der Waals surface area contributed by atoms with Crippen molar-refractivity contribution in [3.05, 3.63) is 90.3 Å². The Labute approximate surface area is 200 Å². The molecular weight excluding hydrogens is 424 g/mol. The minimum atomic E-state index is -0.0159. The number of ether oxygens (including phenoxy) is 1. The van der Waals surface area contributed by atoms with Gasteiger partial charge in [0, 0.05) is 25.3 Å². The van der Waals surface area contributed by atoms with Gasteiger partial charge in [0.2, 0.25) is 0 Å². The lowest BCUT2D eigenvalue weighted by molar-refractivity contribution is 0.176. The maximum Gasteiger partial charge on any atom is 0.321 e. The number of nitrogens with zero attached hydrogens (tertiary/aromatic N) is 3. The van der Waals surface area contributed by atoms with Crippen LogP contribution in [0.2, 0.25) is 0 Å². The predicted molar refractivity (Wildman–Crippen MR) is 135 cm³/mol. The van der Waals surface area contributed by atoms with Crippen molar-refractivity contribution in [1.29, 1.82) is 0 Å². The minimum absolute atomic E-state index is 0.0159. The Kier molecular flexibility index (Phi) is 6.47. The fourth-order valence-corrected chi connectivity index (χ4v) is 4.59. The molecule has 0 unspecified atom stereocenters. The summed E-state index contributed by atoms with van der Waals surface area (Å²) in [4.78, 5) is 19.6. The second kappa shape index (κ2) is 10.00. The molecule has 5 rings (SSSR count). The fourth-order valence-electron chi connectivity index (χ4n) is 4.59. The number of piperidine rings is 1. The molecule has 1 fully saturated rings. The number of rotatable bonds is 6. The van der Waals surface area contributed by atoms with Gasteiger partial charge in [0.15, 0.2) is 0 Å². The molecule has 174 valence electrons. The average molecular weight is 455 g/mol. The highest BCUT2D eigenvalue weighted by Gasteiger charge is 2.25. The van der Waals surface area contributed by atoms with E-state index in [0.717, 1.165) is 66.3 Å². The zero-order chi connectivity index (χ0) is 23.3. The van der Waals surface area contributed by atoms with E-state index in [1.54, 1.807) is 0 Å². The van der Waals surface area contributed by atoms with E-state index >= 15 is 0 Å². The Bertz CT molecular complexity index is 1260. The van der Waals surface area contributed by atoms with Crippen molar-refractivity contribution in [3.8, 4) is 5.75 Å². The number of likely N-dealkylation sites (tertiary alicyclic amines) is 1. The smallest absolute Gasteiger partial charge is 0.321 e. The standard InChI is InChI=1S/C28H30N4O2/c1-21-9-5-6-12-24(21)30-28(33)31-17-15-22(16-18-31)19-32-26-14-8-7-13-25(26)29-27(32)20-34-23-10-3-2-4-11-23/h2-14,22H,15-20H2,1H3,(H,30,33). The molecule has 4 aromatic rings. The number of amides is 2. The summed E-state index contributed by atoms with van der Waals surface area (Å²) < 4.78 is 8.32. The van der Waals surface area contributed by atoms with Crippen LogP contribution in [0.3, 0.4) is 0 Å². The van der Waals surface area contributed by atoms with Gasteiger partial charge in [0.25, 0.3) is 0 Å². The minimum Gasteiger partial charge on any atom is -0.486 e. The van der Waals surface area contributed by atoms with Gasteiger partial charge in [-0.1, -0.05) is 48.5 Å². The van der Waals surface area contributed by atoms with Gasteiger partial charge in [-0.15, -0.1) is 0 Å². The molecule has 0 aliphatic carbocycles. The molecule has 3 aromatic carbocycles. The summed E-state index contributed by atoms with van der Waals surface area (Å²) in [7, 11) is 0. The van der Waals surface area contributed by atoms with E-state index in [4.69, 9.17) is 9.72 Å². The molecule has 0 atom stereocenters. The molecule has 0 saturated carbocycles. The molecule has 1 aromatic heterocycles. The van der Waals surface area contributed by atoms with E-state index in [9.17, 15) is 4.79 Å². The molecule has 6 heteroatoms. The molecule has 34 heavy (non-hydrogen) atoms. The molecule has 1 aliphatic rings. The van der Waals surface area contributed by atoms with Gasteiger partial charge in [-0.25, -0.2) is 9.78 Å². The largest absolute Gasteiger partial charge is 0.486 e. The van der Waals surface area contributed by atoms with Crippen molar-refractivity contribution in [2.45, 2.75) is 32.9 Å². The fraction of sp³-hybridized carbons (Fsp3) is 0.286. The molecule has 0 spiro atoms. The number of aryl methyl sites for hydroxylation is 1. The van der Waals surface area contributed by atoms with Crippen molar-refractivity contribution in [1.82, 2.24) is 14.5 Å². The van der Waals surface area contributed by atoms with Crippen molar-refractivity contribution in [2.75, 3.05) is 18.4 Å². The van der Waals surface area contributed by atoms with Crippen LogP contribution in [-0.2, 0) is 13.2 Å². The van der Waals surface area contributed by atoms with Crippen LogP contribution < -0.4 is 10.1 Å². The Morgan fingerprint density at radius 1 is 0.971 bits per heavy atom. The maximum atomic E-state index is 12.8. The predicted octanol–water partition coefficient (Wildman–Crippen LogP) is 5.87. The third-order valence-electron chi connectivity index (χ3n) is 6.57. The van der Waals surface area contributed by atoms with Crippen LogP contribution in [-0.4, -0.2) is 33.6 Å². The third-order valence-corrected chi connectivity index (χ3v) is 6.57. The van der Waals surface area contributed by atoms with E-state index in [1.807, 2.05) is 72.5 Å². The quantitative estimate of drug-likeness (QED) is 0.396. The first-order chi connectivity index (χ1) is 16.7. The first-order valence-electron chi connectivity index (χ1n) is 11.9. The van der Waals surface area contributed by atoms with Gasteiger partial charge < -0.3 is 19.5 Å². The Morgan fingerprint density at radius 2 is 1.68 bits per heavy atom. The lowest BCUT2D eigenvalue weighted by Gasteiger charge is -2.32. The maximum absolute atomic E-state index is 12.8. The molecule has 1 saturated heterocycles. The molecule has 2 amide bonds. The number of carbonyl (C=O) groups excluding carboxylic acids is 1. The SMILES string of the molecule is Cc1ccccc1NC(=O)N1CCC(Cn2c(COc3ccccc3)nc3ccccc32)CC1. The van der Waals surface area contributed by atoms with Gasteiger partial charge in [-0.3, -0.25) is 0 Å². The van der Waals surface area contributed by atoms with E-state index < -0.39 is 0 Å². The van der Waals surface area contributed by atoms with E-state index in [1.165, 1.54) is 0 Å². The summed E-state index contributed by atoms with van der Waals surface area (Å²) in [6.07, 6.45) is 1.93. The van der Waals surface area contributed by atoms with Crippen molar-refractivity contribution < 1.29 is 9.53 Å². The number of nitrogens with one attached hydrogen (secondary N) is 1. The number of aromatic nitrogens is 2. The number of fused-ring (bicyclic) bond motifs is 1. The molecule has 1 aliphatic heterocycles. The van der Waals surface area contributed by atoms with Crippen LogP contribution in [0.1, 0.15) is 24.2 Å². The molecule has 6 nitrogen and oxygen atoms in total. The first-order valence-corrected chi connectivity index (χ1v) is 11.9. The Hall–Kier alpha value is -3.80. The van der Waals surface area contributed by atoms with Crippen LogP contribution in [0.5, 0.6) is 5.75 Å². The zero-order valence-electron chi connectivity index (χ0n) is 19.5. The summed E-state index contributed by atoms with van der Waals surface area (Å²) in [5.41, 5.74) is 4.07. The van der Waals surface area contributed by atoms with Gasteiger partial charge in [-0.2, -0.15) is 0 Å². The third kappa shape index (κ3) is 4.91. The van der Waals surface area contributed by atoms with Crippen LogP contribution in [0.15, 0.2) is 78.9 Å². The first kappa shape index (κ1) is 22.0. The van der Waals surface area contributed by atoms with E-state index in [2.05, 4.69) is 28.1 Å². The molecule has 2 heterocycles. The topological polar surface area (TPSA) is 59.4 Å². The summed E-state index contributed by atoms with van der Waals surface area (Å²) in [5.74, 6) is 2.26. The lowest BCUT2D eigenvalue weighted by atomic mass is 9.96. The Balaban J connectivity index is 1.24. The monoisotopic (exact) mass is 454 g/mol. The van der Waals surface area contributed by atoms with E-state index in [0.29, 0.717) is 12.5 Å². The molecule has 0 bridgehead atoms. The highest BCUT2D eigenvalue weighted by atomic mass is 16.5. The highest BCUT2D eigenvalue weighted by molar-refractivity contribution is 5.90. The van der Waals surface area contributed by atoms with Crippen molar-refractivity contribution >= 4 is 22.8 Å². The number of imidazole rings is 1. The Morgan fingerprint density at radius 3 is 2.47 bits per heavy atom. The highest BCUT2D eigenvalue weighted by Crippen LogP contribution is 2.25. The molecule has 1 N–H and O–H groups in total. The molecule has 0 radical (unpaired) electrons. The van der Waals surface area contributed by atoms with Crippen LogP contribution in [0.4, 0.5) is 10.5 Å². The summed E-state index contributed by atoms with van der Waals surface area (Å²) in [6.45, 7) is 4.82. The van der Waals surface area contributed by atoms with Gasteiger partial charge >= 0.3 is 6.03 Å². The number of anilines is 1. The summed E-state index contributed by atoms with van der Waals surface area (Å²) >= 11 is 0. The average Bonchev–Trinajstić information content (AvgIpc) is 3.22. The van der Waals surface area contributed by atoms with Crippen LogP contribution in [0, 0.1) is 12.8 Å². The van der Waals surface area contributed by atoms with Crippen LogP contribution >= 0.6 is 0 Å². The van der Waals surface area contributed by atoms with Crippen molar-refractivity contribution in [2.24, 2.45) is 5.92 Å².